The predicted molar refractivity (Wildman–Crippen MR) is 84.6 cm³/mol. The first-order valence-electron chi connectivity index (χ1n) is 6.91. The highest BCUT2D eigenvalue weighted by molar-refractivity contribution is 7.89. The molecule has 7 heteroatoms. The van der Waals surface area contributed by atoms with Gasteiger partial charge in [-0.05, 0) is 51.0 Å². The number of hydrogen-bond donors (Lipinski definition) is 2. The van der Waals surface area contributed by atoms with Gasteiger partial charge < -0.3 is 4.74 Å². The topological polar surface area (TPSA) is 84.1 Å². The van der Waals surface area contributed by atoms with Crippen molar-refractivity contribution >= 4 is 10.0 Å². The maximum absolute atomic E-state index is 12.5. The Balaban J connectivity index is 2.30. The molecule has 1 aromatic heterocycles. The Kier molecular flexibility index (Phi) is 4.58. The van der Waals surface area contributed by atoms with Gasteiger partial charge in [-0.2, -0.15) is 5.10 Å². The molecule has 0 unspecified atom stereocenters. The minimum atomic E-state index is -3.60. The summed E-state index contributed by atoms with van der Waals surface area (Å²) in [6.07, 6.45) is 0. The number of aryl methyl sites for hydroxylation is 4. The molecule has 0 amide bonds. The van der Waals surface area contributed by atoms with Gasteiger partial charge in [0.25, 0.3) is 0 Å². The van der Waals surface area contributed by atoms with Crippen LogP contribution in [0.5, 0.6) is 5.75 Å². The fourth-order valence-corrected chi connectivity index (χ4v) is 3.66. The largest absolute Gasteiger partial charge is 0.496 e. The van der Waals surface area contributed by atoms with Crippen LogP contribution in [0.4, 0.5) is 0 Å². The van der Waals surface area contributed by atoms with E-state index in [9.17, 15) is 8.42 Å². The molecule has 0 bridgehead atoms. The lowest BCUT2D eigenvalue weighted by atomic mass is 10.1. The summed E-state index contributed by atoms with van der Waals surface area (Å²) in [7, 11) is -2.03. The lowest BCUT2D eigenvalue weighted by Gasteiger charge is -2.13. The number of hydrogen-bond acceptors (Lipinski definition) is 4. The van der Waals surface area contributed by atoms with Crippen molar-refractivity contribution < 1.29 is 13.2 Å². The van der Waals surface area contributed by atoms with E-state index in [1.54, 1.807) is 26.2 Å². The zero-order valence-corrected chi connectivity index (χ0v) is 14.3. The molecule has 6 nitrogen and oxygen atoms in total. The van der Waals surface area contributed by atoms with Crippen molar-refractivity contribution in [3.05, 3.63) is 40.2 Å². The van der Waals surface area contributed by atoms with Crippen molar-refractivity contribution in [3.63, 3.8) is 0 Å². The average Bonchev–Trinajstić information content (AvgIpc) is 2.77. The molecule has 0 spiro atoms. The summed E-state index contributed by atoms with van der Waals surface area (Å²) >= 11 is 0. The molecule has 22 heavy (non-hydrogen) atoms. The lowest BCUT2D eigenvalue weighted by Crippen LogP contribution is -2.24. The second-order valence-electron chi connectivity index (χ2n) is 5.32. The van der Waals surface area contributed by atoms with Crippen molar-refractivity contribution in [1.29, 1.82) is 0 Å². The van der Waals surface area contributed by atoms with Crippen LogP contribution in [-0.2, 0) is 16.6 Å². The maximum atomic E-state index is 12.5. The molecular formula is C15H21N3O3S. The van der Waals surface area contributed by atoms with Crippen molar-refractivity contribution in [2.24, 2.45) is 0 Å². The third kappa shape index (κ3) is 3.15. The van der Waals surface area contributed by atoms with Gasteiger partial charge in [0.15, 0.2) is 0 Å². The van der Waals surface area contributed by atoms with Gasteiger partial charge in [0.1, 0.15) is 5.75 Å². The van der Waals surface area contributed by atoms with E-state index in [-0.39, 0.29) is 11.4 Å². The highest BCUT2D eigenvalue weighted by Gasteiger charge is 2.19. The van der Waals surface area contributed by atoms with Crippen LogP contribution in [0, 0.1) is 27.7 Å². The number of methoxy groups -OCH3 is 1. The number of sulfonamides is 1. The molecule has 1 aromatic carbocycles. The van der Waals surface area contributed by atoms with Gasteiger partial charge in [-0.3, -0.25) is 5.10 Å². The van der Waals surface area contributed by atoms with E-state index in [1.165, 1.54) is 0 Å². The van der Waals surface area contributed by atoms with Crippen LogP contribution in [0.1, 0.15) is 28.1 Å². The lowest BCUT2D eigenvalue weighted by molar-refractivity contribution is 0.411. The molecule has 0 aliphatic rings. The number of aromatic amines is 1. The maximum Gasteiger partial charge on any atom is 0.241 e. The highest BCUT2D eigenvalue weighted by atomic mass is 32.2. The van der Waals surface area contributed by atoms with Crippen LogP contribution in [0.25, 0.3) is 0 Å². The van der Waals surface area contributed by atoms with Crippen molar-refractivity contribution in [1.82, 2.24) is 14.9 Å². The van der Waals surface area contributed by atoms with Crippen LogP contribution in [0.2, 0.25) is 0 Å². The number of nitrogens with zero attached hydrogens (tertiary/aromatic N) is 1. The zero-order valence-electron chi connectivity index (χ0n) is 13.4. The Morgan fingerprint density at radius 3 is 2.41 bits per heavy atom. The van der Waals surface area contributed by atoms with Crippen LogP contribution in [-0.4, -0.2) is 25.7 Å². The number of H-pyrrole nitrogens is 1. The molecule has 0 saturated heterocycles. The van der Waals surface area contributed by atoms with Crippen LogP contribution >= 0.6 is 0 Å². The van der Waals surface area contributed by atoms with Gasteiger partial charge in [-0.15, -0.1) is 0 Å². The molecule has 1 heterocycles. The molecule has 2 N–H and O–H groups in total. The second-order valence-corrected chi connectivity index (χ2v) is 7.06. The van der Waals surface area contributed by atoms with Crippen molar-refractivity contribution in [2.75, 3.05) is 7.11 Å². The smallest absolute Gasteiger partial charge is 0.241 e. The van der Waals surface area contributed by atoms with Gasteiger partial charge >= 0.3 is 0 Å². The van der Waals surface area contributed by atoms with E-state index in [0.717, 1.165) is 22.5 Å². The molecule has 120 valence electrons. The Morgan fingerprint density at radius 2 is 1.86 bits per heavy atom. The number of rotatable bonds is 5. The minimum absolute atomic E-state index is 0.209. The summed E-state index contributed by atoms with van der Waals surface area (Å²) in [5.74, 6) is 0.679. The summed E-state index contributed by atoms with van der Waals surface area (Å²) < 4.78 is 32.9. The number of aromatic nitrogens is 2. The molecule has 0 radical (unpaired) electrons. The first-order chi connectivity index (χ1) is 10.3. The van der Waals surface area contributed by atoms with Crippen molar-refractivity contribution in [3.8, 4) is 5.75 Å². The standard InChI is InChI=1S/C15H21N3O3S/c1-9-7-15(10(2)6-14(9)21-5)22(19,20)16-8-13-11(3)17-18-12(13)4/h6-7,16H,8H2,1-5H3,(H,17,18). The number of benzene rings is 1. The van der Waals surface area contributed by atoms with E-state index in [4.69, 9.17) is 4.74 Å². The minimum Gasteiger partial charge on any atom is -0.496 e. The van der Waals surface area contributed by atoms with E-state index in [0.29, 0.717) is 11.3 Å². The fraction of sp³-hybridized carbons (Fsp3) is 0.400. The Labute approximate surface area is 130 Å². The molecule has 0 atom stereocenters. The van der Waals surface area contributed by atoms with E-state index < -0.39 is 10.0 Å². The fourth-order valence-electron chi connectivity index (χ4n) is 2.35. The monoisotopic (exact) mass is 323 g/mol. The molecule has 2 aromatic rings. The third-order valence-corrected chi connectivity index (χ3v) is 5.24. The van der Waals surface area contributed by atoms with Gasteiger partial charge in [0, 0.05) is 17.8 Å². The molecule has 0 aliphatic carbocycles. The Morgan fingerprint density at radius 1 is 1.18 bits per heavy atom. The quantitative estimate of drug-likeness (QED) is 0.883. The summed E-state index contributed by atoms with van der Waals surface area (Å²) in [5.41, 5.74) is 3.96. The number of nitrogens with one attached hydrogen (secondary N) is 2. The van der Waals surface area contributed by atoms with Crippen LogP contribution in [0.3, 0.4) is 0 Å². The van der Waals surface area contributed by atoms with Crippen molar-refractivity contribution in [2.45, 2.75) is 39.1 Å². The van der Waals surface area contributed by atoms with Gasteiger partial charge in [-0.25, -0.2) is 13.1 Å². The predicted octanol–water partition coefficient (Wildman–Crippen LogP) is 2.13. The Hall–Kier alpha value is -1.86. The average molecular weight is 323 g/mol. The van der Waals surface area contributed by atoms with E-state index >= 15 is 0 Å². The zero-order chi connectivity index (χ0) is 16.5. The normalized spacial score (nSPS) is 11.7. The first-order valence-corrected chi connectivity index (χ1v) is 8.40. The molecule has 0 aliphatic heterocycles. The van der Waals surface area contributed by atoms with Crippen LogP contribution in [0.15, 0.2) is 17.0 Å². The van der Waals surface area contributed by atoms with Gasteiger partial charge in [0.05, 0.1) is 17.7 Å². The molecular weight excluding hydrogens is 302 g/mol. The molecule has 0 fully saturated rings. The van der Waals surface area contributed by atoms with Crippen LogP contribution < -0.4 is 9.46 Å². The summed E-state index contributed by atoms with van der Waals surface area (Å²) in [6.45, 7) is 7.50. The first kappa shape index (κ1) is 16.5. The molecule has 0 saturated carbocycles. The SMILES string of the molecule is COc1cc(C)c(S(=O)(=O)NCc2c(C)n[nH]c2C)cc1C. The van der Waals surface area contributed by atoms with E-state index in [1.807, 2.05) is 20.8 Å². The third-order valence-electron chi connectivity index (χ3n) is 3.70. The highest BCUT2D eigenvalue weighted by Crippen LogP contribution is 2.25. The van der Waals surface area contributed by atoms with Gasteiger partial charge in [-0.1, -0.05) is 0 Å². The Bertz CT molecular complexity index is 775. The van der Waals surface area contributed by atoms with Gasteiger partial charge in [0.2, 0.25) is 10.0 Å². The summed E-state index contributed by atoms with van der Waals surface area (Å²) in [4.78, 5) is 0.268. The van der Waals surface area contributed by atoms with E-state index in [2.05, 4.69) is 14.9 Å². The number of ether oxygens (including phenoxy) is 1. The summed E-state index contributed by atoms with van der Waals surface area (Å²) in [6, 6.07) is 3.36. The summed E-state index contributed by atoms with van der Waals surface area (Å²) in [5, 5.41) is 6.91. The second kappa shape index (κ2) is 6.10. The molecule has 2 rings (SSSR count).